The first-order valence-electron chi connectivity index (χ1n) is 8.54. The maximum absolute atomic E-state index is 12.7. The monoisotopic (exact) mass is 372 g/mol. The number of likely N-dealkylation sites (tertiary alicyclic amines) is 1. The zero-order chi connectivity index (χ0) is 19.4. The van der Waals surface area contributed by atoms with E-state index in [-0.39, 0.29) is 17.5 Å². The summed E-state index contributed by atoms with van der Waals surface area (Å²) in [5.41, 5.74) is 7.14. The summed E-state index contributed by atoms with van der Waals surface area (Å²) in [6.45, 7) is 0.466. The maximum atomic E-state index is 12.7. The molecule has 0 bridgehead atoms. The summed E-state index contributed by atoms with van der Waals surface area (Å²) < 4.78 is 0. The second kappa shape index (κ2) is 7.96. The molecule has 1 saturated heterocycles. The average molecular weight is 372 g/mol. The number of aromatic nitrogens is 2. The first-order chi connectivity index (χ1) is 13.0. The Morgan fingerprint density at radius 2 is 2.15 bits per heavy atom. The highest BCUT2D eigenvalue weighted by Gasteiger charge is 2.36. The van der Waals surface area contributed by atoms with Crippen molar-refractivity contribution in [3.05, 3.63) is 52.6 Å². The number of aromatic amines is 1. The fourth-order valence-corrected chi connectivity index (χ4v) is 3.13. The summed E-state index contributed by atoms with van der Waals surface area (Å²) in [6, 6.07) is 4.17. The molecule has 1 aliphatic rings. The van der Waals surface area contributed by atoms with Crippen molar-refractivity contribution in [2.45, 2.75) is 31.3 Å². The predicted molar refractivity (Wildman–Crippen MR) is 96.7 cm³/mol. The van der Waals surface area contributed by atoms with Gasteiger partial charge in [0.2, 0.25) is 11.8 Å². The number of nitro groups is 1. The van der Waals surface area contributed by atoms with E-state index < -0.39 is 17.0 Å². The first-order valence-corrected chi connectivity index (χ1v) is 8.54. The van der Waals surface area contributed by atoms with E-state index in [2.05, 4.69) is 15.3 Å². The largest absolute Gasteiger partial charge is 0.348 e. The number of rotatable bonds is 6. The topological polar surface area (TPSA) is 147 Å². The fourth-order valence-electron chi connectivity index (χ4n) is 3.13. The molecular weight excluding hydrogens is 352 g/mol. The van der Waals surface area contributed by atoms with Crippen LogP contribution in [0, 0.1) is 10.1 Å². The Morgan fingerprint density at radius 3 is 2.78 bits per heavy atom. The van der Waals surface area contributed by atoms with Gasteiger partial charge >= 0.3 is 0 Å². The number of H-pyrrole nitrogens is 1. The number of non-ortho nitro benzene ring substituents is 1. The highest BCUT2D eigenvalue weighted by atomic mass is 16.6. The van der Waals surface area contributed by atoms with Gasteiger partial charge in [0.15, 0.2) is 0 Å². The highest BCUT2D eigenvalue weighted by Crippen LogP contribution is 2.21. The van der Waals surface area contributed by atoms with Crippen LogP contribution in [0.3, 0.4) is 0 Å². The van der Waals surface area contributed by atoms with Crippen molar-refractivity contribution >= 4 is 23.2 Å². The fraction of sp³-hybridized carbons (Fsp3) is 0.353. The minimum Gasteiger partial charge on any atom is -0.348 e. The van der Waals surface area contributed by atoms with Crippen LogP contribution in [-0.2, 0) is 16.0 Å². The van der Waals surface area contributed by atoms with Gasteiger partial charge in [0.05, 0.1) is 17.3 Å². The number of hydrogen-bond acceptors (Lipinski definition) is 6. The van der Waals surface area contributed by atoms with Crippen LogP contribution in [0.1, 0.15) is 18.5 Å². The second-order valence-electron chi connectivity index (χ2n) is 6.37. The van der Waals surface area contributed by atoms with Crippen LogP contribution < -0.4 is 11.1 Å². The van der Waals surface area contributed by atoms with E-state index in [1.807, 2.05) is 0 Å². The van der Waals surface area contributed by atoms with Crippen LogP contribution in [0.4, 0.5) is 11.4 Å². The number of hydrogen-bond donors (Lipinski definition) is 3. The molecule has 2 atom stereocenters. The van der Waals surface area contributed by atoms with Gasteiger partial charge in [-0.1, -0.05) is 0 Å². The van der Waals surface area contributed by atoms with Gasteiger partial charge in [-0.25, -0.2) is 4.98 Å². The van der Waals surface area contributed by atoms with Crippen LogP contribution in [0.5, 0.6) is 0 Å². The van der Waals surface area contributed by atoms with Crippen molar-refractivity contribution in [1.82, 2.24) is 14.9 Å². The number of nitrogens with one attached hydrogen (secondary N) is 2. The minimum absolute atomic E-state index is 0.0598. The van der Waals surface area contributed by atoms with Gasteiger partial charge < -0.3 is 20.9 Å². The molecule has 3 rings (SSSR count). The summed E-state index contributed by atoms with van der Waals surface area (Å²) >= 11 is 0. The van der Waals surface area contributed by atoms with Gasteiger partial charge in [0.1, 0.15) is 6.04 Å². The highest BCUT2D eigenvalue weighted by molar-refractivity contribution is 5.98. The Balaban J connectivity index is 1.63. The van der Waals surface area contributed by atoms with Crippen LogP contribution in [0.25, 0.3) is 0 Å². The van der Waals surface area contributed by atoms with Gasteiger partial charge in [-0.05, 0) is 25.0 Å². The first kappa shape index (κ1) is 18.5. The van der Waals surface area contributed by atoms with Crippen molar-refractivity contribution in [2.75, 3.05) is 11.9 Å². The quantitative estimate of drug-likeness (QED) is 0.505. The molecule has 1 fully saturated rings. The molecule has 1 aliphatic heterocycles. The summed E-state index contributed by atoms with van der Waals surface area (Å²) in [4.78, 5) is 43.7. The second-order valence-corrected chi connectivity index (χ2v) is 6.37. The Bertz CT molecular complexity index is 820. The minimum atomic E-state index is -0.766. The predicted octanol–water partition coefficient (Wildman–Crippen LogP) is 0.817. The van der Waals surface area contributed by atoms with Gasteiger partial charge in [-0.15, -0.1) is 0 Å². The lowest BCUT2D eigenvalue weighted by Crippen LogP contribution is -2.50. The molecule has 27 heavy (non-hydrogen) atoms. The summed E-state index contributed by atoms with van der Waals surface area (Å²) in [7, 11) is 0. The molecule has 10 nitrogen and oxygen atoms in total. The van der Waals surface area contributed by atoms with Crippen molar-refractivity contribution in [1.29, 1.82) is 0 Å². The smallest absolute Gasteiger partial charge is 0.269 e. The van der Waals surface area contributed by atoms with Gasteiger partial charge in [0, 0.05) is 42.7 Å². The molecule has 10 heteroatoms. The molecule has 2 aromatic rings. The molecule has 2 amide bonds. The van der Waals surface area contributed by atoms with Crippen LogP contribution >= 0.6 is 0 Å². The van der Waals surface area contributed by atoms with Crippen LogP contribution in [0.2, 0.25) is 0 Å². The zero-order valence-electron chi connectivity index (χ0n) is 14.5. The Kier molecular flexibility index (Phi) is 5.46. The molecule has 2 unspecified atom stereocenters. The Morgan fingerprint density at radius 1 is 1.41 bits per heavy atom. The maximum Gasteiger partial charge on any atom is 0.269 e. The molecule has 0 spiro atoms. The van der Waals surface area contributed by atoms with Crippen molar-refractivity contribution in [3.63, 3.8) is 0 Å². The molecule has 0 radical (unpaired) electrons. The Hall–Kier alpha value is -3.27. The van der Waals surface area contributed by atoms with Crippen LogP contribution in [-0.4, -0.2) is 50.2 Å². The standard InChI is InChI=1S/C17H20N6O4/c18-14(8-12-9-19-10-20-12)17(25)22-7-1-2-15(22)16(24)21-11-3-5-13(6-4-11)23(26)27/h3-6,9-10,14-15H,1-2,7-8,18H2,(H,19,20)(H,21,24). The van der Waals surface area contributed by atoms with Crippen molar-refractivity contribution in [3.8, 4) is 0 Å². The third kappa shape index (κ3) is 4.29. The van der Waals surface area contributed by atoms with Gasteiger partial charge in [-0.3, -0.25) is 19.7 Å². The van der Waals surface area contributed by atoms with Gasteiger partial charge in [0.25, 0.3) is 5.69 Å². The van der Waals surface area contributed by atoms with Crippen molar-refractivity contribution in [2.24, 2.45) is 5.73 Å². The zero-order valence-corrected chi connectivity index (χ0v) is 14.5. The lowest BCUT2D eigenvalue weighted by molar-refractivity contribution is -0.384. The number of amides is 2. The van der Waals surface area contributed by atoms with E-state index in [4.69, 9.17) is 5.73 Å². The average Bonchev–Trinajstić information content (AvgIpc) is 3.33. The SMILES string of the molecule is NC(Cc1cnc[nH]1)C(=O)N1CCCC1C(=O)Nc1ccc([N+](=O)[O-])cc1. The van der Waals surface area contributed by atoms with E-state index in [0.717, 1.165) is 5.69 Å². The number of imidazole rings is 1. The molecule has 1 aromatic carbocycles. The van der Waals surface area contributed by atoms with E-state index >= 15 is 0 Å². The van der Waals surface area contributed by atoms with Crippen molar-refractivity contribution < 1.29 is 14.5 Å². The van der Waals surface area contributed by atoms with E-state index in [1.165, 1.54) is 35.5 Å². The number of carbonyl (C=O) groups excluding carboxylic acids is 2. The molecule has 0 saturated carbocycles. The lowest BCUT2D eigenvalue weighted by atomic mass is 10.1. The number of nitrogens with zero attached hydrogens (tertiary/aromatic N) is 3. The molecule has 0 aliphatic carbocycles. The summed E-state index contributed by atoms with van der Waals surface area (Å²) in [5.74, 6) is -0.616. The Labute approximate surface area is 154 Å². The summed E-state index contributed by atoms with van der Waals surface area (Å²) in [5, 5.41) is 13.4. The van der Waals surface area contributed by atoms with E-state index in [1.54, 1.807) is 6.20 Å². The molecule has 2 heterocycles. The molecular formula is C17H20N6O4. The van der Waals surface area contributed by atoms with E-state index in [9.17, 15) is 19.7 Å². The normalized spacial score (nSPS) is 17.5. The third-order valence-electron chi connectivity index (χ3n) is 4.50. The molecule has 4 N–H and O–H groups in total. The number of nitro benzene ring substituents is 1. The number of benzene rings is 1. The van der Waals surface area contributed by atoms with E-state index in [0.29, 0.717) is 31.5 Å². The number of anilines is 1. The molecule has 1 aromatic heterocycles. The number of nitrogens with two attached hydrogens (primary N) is 1. The van der Waals surface area contributed by atoms with Crippen LogP contribution in [0.15, 0.2) is 36.8 Å². The molecule has 142 valence electrons. The number of carbonyl (C=O) groups is 2. The lowest BCUT2D eigenvalue weighted by Gasteiger charge is -2.26. The summed E-state index contributed by atoms with van der Waals surface area (Å²) in [6.07, 6.45) is 4.69. The van der Waals surface area contributed by atoms with Gasteiger partial charge in [-0.2, -0.15) is 0 Å². The third-order valence-corrected chi connectivity index (χ3v) is 4.50.